The normalized spacial score (nSPS) is 11.2. The van der Waals surface area contributed by atoms with E-state index in [1.165, 1.54) is 0 Å². The second kappa shape index (κ2) is 4.95. The molecule has 0 radical (unpaired) electrons. The number of aromatic nitrogens is 1. The van der Waals surface area contributed by atoms with Gasteiger partial charge in [-0.05, 0) is 18.2 Å². The van der Waals surface area contributed by atoms with E-state index in [1.54, 1.807) is 35.9 Å². The number of benzene rings is 2. The number of aryl methyl sites for hydroxylation is 1. The summed E-state index contributed by atoms with van der Waals surface area (Å²) in [4.78, 5) is 25.0. The van der Waals surface area contributed by atoms with Crippen molar-refractivity contribution >= 4 is 27.7 Å². The van der Waals surface area contributed by atoms with Gasteiger partial charge in [-0.1, -0.05) is 42.5 Å². The summed E-state index contributed by atoms with van der Waals surface area (Å²) in [6.45, 7) is 0. The first-order valence-electron chi connectivity index (χ1n) is 7.28. The highest BCUT2D eigenvalue weighted by Gasteiger charge is 2.19. The van der Waals surface area contributed by atoms with Gasteiger partial charge in [-0.25, -0.2) is 4.79 Å². The van der Waals surface area contributed by atoms with Gasteiger partial charge >= 0.3 is 5.63 Å². The lowest BCUT2D eigenvalue weighted by Gasteiger charge is -2.05. The van der Waals surface area contributed by atoms with Crippen LogP contribution in [0.3, 0.4) is 0 Å². The molecule has 2 aromatic heterocycles. The molecular weight excluding hydrogens is 290 g/mol. The van der Waals surface area contributed by atoms with Gasteiger partial charge in [0.05, 0.1) is 16.6 Å². The fourth-order valence-corrected chi connectivity index (χ4v) is 2.95. The van der Waals surface area contributed by atoms with Crippen LogP contribution in [0.5, 0.6) is 0 Å². The molecule has 4 nitrogen and oxygen atoms in total. The molecule has 0 N–H and O–H groups in total. The van der Waals surface area contributed by atoms with Crippen LogP contribution in [-0.4, -0.2) is 10.4 Å². The third kappa shape index (κ3) is 1.99. The first kappa shape index (κ1) is 13.5. The van der Waals surface area contributed by atoms with Crippen molar-refractivity contribution < 1.29 is 9.21 Å². The topological polar surface area (TPSA) is 52.2 Å². The predicted octanol–water partition coefficient (Wildman–Crippen LogP) is 3.52. The van der Waals surface area contributed by atoms with Gasteiger partial charge < -0.3 is 8.98 Å². The summed E-state index contributed by atoms with van der Waals surface area (Å²) < 4.78 is 7.12. The summed E-state index contributed by atoms with van der Waals surface area (Å²) in [5, 5.41) is 1.24. The Labute approximate surface area is 131 Å². The van der Waals surface area contributed by atoms with Crippen LogP contribution in [0.4, 0.5) is 0 Å². The highest BCUT2D eigenvalue weighted by Crippen LogP contribution is 2.26. The zero-order chi connectivity index (χ0) is 16.0. The van der Waals surface area contributed by atoms with E-state index in [2.05, 4.69) is 0 Å². The maximum Gasteiger partial charge on any atom is 0.345 e. The van der Waals surface area contributed by atoms with E-state index in [0.29, 0.717) is 22.2 Å². The minimum atomic E-state index is -0.429. The summed E-state index contributed by atoms with van der Waals surface area (Å²) in [6, 6.07) is 18.0. The van der Waals surface area contributed by atoms with Crippen molar-refractivity contribution in [3.05, 3.63) is 82.3 Å². The van der Waals surface area contributed by atoms with E-state index in [0.717, 1.165) is 10.9 Å². The fraction of sp³-hybridized carbons (Fsp3) is 0.0526. The number of carbonyl (C=O) groups is 1. The van der Waals surface area contributed by atoms with Gasteiger partial charge in [0.1, 0.15) is 5.58 Å². The van der Waals surface area contributed by atoms with Crippen molar-refractivity contribution in [3.63, 3.8) is 0 Å². The molecule has 4 rings (SSSR count). The minimum absolute atomic E-state index is 0.118. The third-order valence-electron chi connectivity index (χ3n) is 4.07. The van der Waals surface area contributed by atoms with E-state index < -0.39 is 5.63 Å². The monoisotopic (exact) mass is 303 g/mol. The average molecular weight is 303 g/mol. The lowest BCUT2D eigenvalue weighted by atomic mass is 10.1. The molecule has 112 valence electrons. The molecule has 0 atom stereocenters. The van der Waals surface area contributed by atoms with Crippen molar-refractivity contribution in [2.75, 3.05) is 0 Å². The molecule has 2 aromatic carbocycles. The zero-order valence-electron chi connectivity index (χ0n) is 12.4. The van der Waals surface area contributed by atoms with Crippen molar-refractivity contribution in [2.24, 2.45) is 7.05 Å². The van der Waals surface area contributed by atoms with E-state index >= 15 is 0 Å². The van der Waals surface area contributed by atoms with Crippen LogP contribution in [0.1, 0.15) is 16.1 Å². The van der Waals surface area contributed by atoms with Gasteiger partial charge in [0.15, 0.2) is 0 Å². The van der Waals surface area contributed by atoms with Crippen LogP contribution in [0, 0.1) is 0 Å². The second-order valence-electron chi connectivity index (χ2n) is 5.43. The maximum atomic E-state index is 12.7. The Morgan fingerprint density at radius 3 is 2.43 bits per heavy atom. The number of fused-ring (bicyclic) bond motifs is 3. The van der Waals surface area contributed by atoms with Gasteiger partial charge in [-0.15, -0.1) is 0 Å². The molecule has 23 heavy (non-hydrogen) atoms. The lowest BCUT2D eigenvalue weighted by molar-refractivity contribution is 0.103. The maximum absolute atomic E-state index is 12.7. The van der Waals surface area contributed by atoms with Crippen LogP contribution >= 0.6 is 0 Å². The first-order chi connectivity index (χ1) is 11.2. The minimum Gasteiger partial charge on any atom is -0.422 e. The number of rotatable bonds is 2. The Bertz CT molecular complexity index is 1100. The summed E-state index contributed by atoms with van der Waals surface area (Å²) >= 11 is 0. The fourth-order valence-electron chi connectivity index (χ4n) is 2.95. The van der Waals surface area contributed by atoms with Crippen molar-refractivity contribution in [1.29, 1.82) is 0 Å². The highest BCUT2D eigenvalue weighted by atomic mass is 16.4. The molecule has 2 heterocycles. The van der Waals surface area contributed by atoms with Gasteiger partial charge in [-0.3, -0.25) is 4.79 Å². The van der Waals surface area contributed by atoms with Crippen LogP contribution in [0.2, 0.25) is 0 Å². The molecular formula is C19H13NO3. The molecule has 4 heteroatoms. The van der Waals surface area contributed by atoms with E-state index in [4.69, 9.17) is 4.42 Å². The number of hydrogen-bond acceptors (Lipinski definition) is 3. The second-order valence-corrected chi connectivity index (χ2v) is 5.43. The Hall–Kier alpha value is -3.14. The molecule has 0 unspecified atom stereocenters. The molecule has 0 aliphatic carbocycles. The molecule has 4 aromatic rings. The number of carbonyl (C=O) groups excluding carboxylic acids is 1. The highest BCUT2D eigenvalue weighted by molar-refractivity contribution is 6.13. The van der Waals surface area contributed by atoms with Crippen molar-refractivity contribution in [3.8, 4) is 0 Å². The van der Waals surface area contributed by atoms with Crippen LogP contribution in [-0.2, 0) is 7.05 Å². The Morgan fingerprint density at radius 1 is 0.957 bits per heavy atom. The third-order valence-corrected chi connectivity index (χ3v) is 4.07. The smallest absolute Gasteiger partial charge is 0.345 e. The van der Waals surface area contributed by atoms with Crippen LogP contribution in [0.25, 0.3) is 21.9 Å². The first-order valence-corrected chi connectivity index (χ1v) is 7.28. The van der Waals surface area contributed by atoms with Gasteiger partial charge in [0.2, 0.25) is 5.78 Å². The lowest BCUT2D eigenvalue weighted by Crippen LogP contribution is -2.07. The van der Waals surface area contributed by atoms with Gasteiger partial charge in [0.25, 0.3) is 0 Å². The average Bonchev–Trinajstić information content (AvgIpc) is 2.94. The zero-order valence-corrected chi connectivity index (χ0v) is 12.4. The number of ketones is 1. The quantitative estimate of drug-likeness (QED) is 0.420. The molecule has 0 spiro atoms. The van der Waals surface area contributed by atoms with Crippen LogP contribution in [0.15, 0.2) is 69.9 Å². The standard InChI is InChI=1S/C19H13NO3/c1-20-15(18(21)12-7-3-2-4-8-12)11-14-17(20)13-9-5-6-10-16(13)23-19(14)22/h2-11H,1H3. The Balaban J connectivity index is 2.05. The van der Waals surface area contributed by atoms with E-state index in [1.807, 2.05) is 36.4 Å². The summed E-state index contributed by atoms with van der Waals surface area (Å²) in [6.07, 6.45) is 0. The number of hydrogen-bond donors (Lipinski definition) is 0. The molecule has 0 saturated heterocycles. The summed E-state index contributed by atoms with van der Waals surface area (Å²) in [5.41, 5.74) is 1.87. The summed E-state index contributed by atoms with van der Waals surface area (Å²) in [5.74, 6) is -0.118. The van der Waals surface area contributed by atoms with Crippen molar-refractivity contribution in [2.45, 2.75) is 0 Å². The molecule has 0 bridgehead atoms. The Kier molecular flexibility index (Phi) is 2.91. The Morgan fingerprint density at radius 2 is 1.65 bits per heavy atom. The van der Waals surface area contributed by atoms with Gasteiger partial charge in [0, 0.05) is 18.0 Å². The summed E-state index contributed by atoms with van der Waals surface area (Å²) in [7, 11) is 1.80. The molecule has 0 fully saturated rings. The van der Waals surface area contributed by atoms with E-state index in [-0.39, 0.29) is 5.78 Å². The number of para-hydroxylation sites is 1. The molecule has 0 saturated carbocycles. The number of nitrogens with zero attached hydrogens (tertiary/aromatic N) is 1. The van der Waals surface area contributed by atoms with Crippen LogP contribution < -0.4 is 5.63 Å². The SMILES string of the molecule is Cn1c(C(=O)c2ccccc2)cc2c(=O)oc3ccccc3c21. The van der Waals surface area contributed by atoms with E-state index in [9.17, 15) is 9.59 Å². The predicted molar refractivity (Wildman–Crippen MR) is 88.8 cm³/mol. The van der Waals surface area contributed by atoms with Gasteiger partial charge in [-0.2, -0.15) is 0 Å². The molecule has 0 amide bonds. The largest absolute Gasteiger partial charge is 0.422 e. The molecule has 0 aliphatic heterocycles. The molecule has 0 aliphatic rings. The van der Waals surface area contributed by atoms with Crippen molar-refractivity contribution in [1.82, 2.24) is 4.57 Å².